The Morgan fingerprint density at radius 2 is 2.10 bits per heavy atom. The highest BCUT2D eigenvalue weighted by molar-refractivity contribution is 5.05. The lowest BCUT2D eigenvalue weighted by Crippen LogP contribution is -2.63. The van der Waals surface area contributed by atoms with Crippen molar-refractivity contribution in [2.45, 2.75) is 64.6 Å². The second kappa shape index (κ2) is 7.19. The van der Waals surface area contributed by atoms with Gasteiger partial charge in [0.2, 0.25) is 0 Å². The van der Waals surface area contributed by atoms with Gasteiger partial charge in [0.15, 0.2) is 0 Å². The molecule has 1 aliphatic heterocycles. The van der Waals surface area contributed by atoms with Crippen LogP contribution in [0.2, 0.25) is 0 Å². The van der Waals surface area contributed by atoms with E-state index in [2.05, 4.69) is 48.1 Å². The SMILES string of the molecule is CCCC1CNC(CC)(CC)CN1Cc1ccccn1. The van der Waals surface area contributed by atoms with Crippen molar-refractivity contribution in [3.8, 4) is 0 Å². The molecule has 0 radical (unpaired) electrons. The Balaban J connectivity index is 2.10. The molecular weight excluding hydrogens is 246 g/mol. The van der Waals surface area contributed by atoms with Crippen molar-refractivity contribution < 1.29 is 0 Å². The van der Waals surface area contributed by atoms with Gasteiger partial charge in [0, 0.05) is 37.4 Å². The molecule has 1 atom stereocenters. The molecule has 112 valence electrons. The van der Waals surface area contributed by atoms with E-state index in [-0.39, 0.29) is 0 Å². The second-order valence-electron chi connectivity index (χ2n) is 6.04. The molecule has 0 spiro atoms. The molecule has 1 N–H and O–H groups in total. The Hall–Kier alpha value is -0.930. The van der Waals surface area contributed by atoms with Gasteiger partial charge in [0.05, 0.1) is 5.69 Å². The molecule has 0 aliphatic carbocycles. The van der Waals surface area contributed by atoms with Crippen molar-refractivity contribution in [2.24, 2.45) is 0 Å². The van der Waals surface area contributed by atoms with Crippen LogP contribution < -0.4 is 5.32 Å². The largest absolute Gasteiger partial charge is 0.308 e. The van der Waals surface area contributed by atoms with Gasteiger partial charge in [0.1, 0.15) is 0 Å². The summed E-state index contributed by atoms with van der Waals surface area (Å²) in [7, 11) is 0. The molecule has 1 fully saturated rings. The highest BCUT2D eigenvalue weighted by Gasteiger charge is 2.36. The van der Waals surface area contributed by atoms with Gasteiger partial charge in [-0.05, 0) is 31.4 Å². The minimum atomic E-state index is 0.291. The van der Waals surface area contributed by atoms with Crippen LogP contribution in [-0.2, 0) is 6.54 Å². The van der Waals surface area contributed by atoms with Gasteiger partial charge in [-0.25, -0.2) is 0 Å². The smallest absolute Gasteiger partial charge is 0.0544 e. The number of aromatic nitrogens is 1. The van der Waals surface area contributed by atoms with Crippen LogP contribution >= 0.6 is 0 Å². The molecule has 0 saturated carbocycles. The van der Waals surface area contributed by atoms with Crippen LogP contribution in [0.5, 0.6) is 0 Å². The number of piperazine rings is 1. The second-order valence-corrected chi connectivity index (χ2v) is 6.04. The van der Waals surface area contributed by atoms with Crippen LogP contribution in [0.1, 0.15) is 52.1 Å². The maximum Gasteiger partial charge on any atom is 0.0544 e. The van der Waals surface area contributed by atoms with Crippen molar-refractivity contribution in [1.29, 1.82) is 0 Å². The van der Waals surface area contributed by atoms with Gasteiger partial charge in [-0.1, -0.05) is 33.3 Å². The van der Waals surface area contributed by atoms with E-state index in [0.717, 1.165) is 19.6 Å². The molecule has 2 rings (SSSR count). The van der Waals surface area contributed by atoms with E-state index in [1.165, 1.54) is 31.4 Å². The molecule has 1 unspecified atom stereocenters. The lowest BCUT2D eigenvalue weighted by atomic mass is 9.87. The average Bonchev–Trinajstić information content (AvgIpc) is 2.50. The Morgan fingerprint density at radius 1 is 1.30 bits per heavy atom. The number of hydrogen-bond acceptors (Lipinski definition) is 3. The van der Waals surface area contributed by atoms with Crippen molar-refractivity contribution in [2.75, 3.05) is 13.1 Å². The van der Waals surface area contributed by atoms with Gasteiger partial charge in [-0.2, -0.15) is 0 Å². The predicted molar refractivity (Wildman–Crippen MR) is 84.7 cm³/mol. The zero-order chi connectivity index (χ0) is 14.4. The van der Waals surface area contributed by atoms with Crippen molar-refractivity contribution in [3.05, 3.63) is 30.1 Å². The van der Waals surface area contributed by atoms with E-state index in [0.29, 0.717) is 11.6 Å². The van der Waals surface area contributed by atoms with E-state index in [4.69, 9.17) is 0 Å². The molecule has 2 heterocycles. The van der Waals surface area contributed by atoms with Gasteiger partial charge >= 0.3 is 0 Å². The van der Waals surface area contributed by atoms with E-state index >= 15 is 0 Å². The van der Waals surface area contributed by atoms with Crippen LogP contribution in [0.25, 0.3) is 0 Å². The van der Waals surface area contributed by atoms with E-state index < -0.39 is 0 Å². The summed E-state index contributed by atoms with van der Waals surface area (Å²) in [6.07, 6.45) is 6.81. The minimum absolute atomic E-state index is 0.291. The molecule has 0 amide bonds. The first-order valence-electron chi connectivity index (χ1n) is 8.12. The van der Waals surface area contributed by atoms with Gasteiger partial charge in [-0.3, -0.25) is 9.88 Å². The lowest BCUT2D eigenvalue weighted by Gasteiger charge is -2.47. The molecule has 1 saturated heterocycles. The summed E-state index contributed by atoms with van der Waals surface area (Å²) in [6.45, 7) is 10.1. The maximum atomic E-state index is 4.50. The number of rotatable bonds is 6. The van der Waals surface area contributed by atoms with E-state index in [1.807, 2.05) is 12.3 Å². The maximum absolute atomic E-state index is 4.50. The molecule has 3 nitrogen and oxygen atoms in total. The van der Waals surface area contributed by atoms with Crippen molar-refractivity contribution >= 4 is 0 Å². The van der Waals surface area contributed by atoms with Crippen molar-refractivity contribution in [1.82, 2.24) is 15.2 Å². The highest BCUT2D eigenvalue weighted by atomic mass is 15.3. The highest BCUT2D eigenvalue weighted by Crippen LogP contribution is 2.25. The zero-order valence-electron chi connectivity index (χ0n) is 13.2. The minimum Gasteiger partial charge on any atom is -0.308 e. The number of nitrogens with zero attached hydrogens (tertiary/aromatic N) is 2. The third-order valence-electron chi connectivity index (χ3n) is 4.80. The molecule has 1 aliphatic rings. The number of hydrogen-bond donors (Lipinski definition) is 1. The van der Waals surface area contributed by atoms with Crippen LogP contribution in [0, 0.1) is 0 Å². The quantitative estimate of drug-likeness (QED) is 0.864. The predicted octanol–water partition coefficient (Wildman–Crippen LogP) is 3.21. The molecular formula is C17H29N3. The lowest BCUT2D eigenvalue weighted by molar-refractivity contribution is 0.0607. The first kappa shape index (κ1) is 15.5. The summed E-state index contributed by atoms with van der Waals surface area (Å²) >= 11 is 0. The summed E-state index contributed by atoms with van der Waals surface area (Å²) < 4.78 is 0. The van der Waals surface area contributed by atoms with Crippen LogP contribution in [0.15, 0.2) is 24.4 Å². The van der Waals surface area contributed by atoms with Crippen LogP contribution in [-0.4, -0.2) is 34.6 Å². The standard InChI is InChI=1S/C17H29N3/c1-4-9-16-12-19-17(5-2,6-3)14-20(16)13-15-10-7-8-11-18-15/h7-8,10-11,16,19H,4-6,9,12-14H2,1-3H3. The topological polar surface area (TPSA) is 28.2 Å². The van der Waals surface area contributed by atoms with Gasteiger partial charge < -0.3 is 5.32 Å². The monoisotopic (exact) mass is 275 g/mol. The summed E-state index contributed by atoms with van der Waals surface area (Å²) in [5.74, 6) is 0. The van der Waals surface area contributed by atoms with Crippen LogP contribution in [0.4, 0.5) is 0 Å². The number of pyridine rings is 1. The molecule has 0 aromatic carbocycles. The first-order valence-corrected chi connectivity index (χ1v) is 8.12. The fourth-order valence-electron chi connectivity index (χ4n) is 3.26. The molecule has 20 heavy (non-hydrogen) atoms. The Labute approximate surface area is 123 Å². The van der Waals surface area contributed by atoms with Crippen molar-refractivity contribution in [3.63, 3.8) is 0 Å². The summed E-state index contributed by atoms with van der Waals surface area (Å²) in [4.78, 5) is 7.15. The molecule has 1 aromatic rings. The summed E-state index contributed by atoms with van der Waals surface area (Å²) in [5.41, 5.74) is 1.48. The third kappa shape index (κ3) is 3.58. The Bertz CT molecular complexity index is 386. The molecule has 0 bridgehead atoms. The first-order chi connectivity index (χ1) is 9.73. The molecule has 1 aromatic heterocycles. The van der Waals surface area contributed by atoms with E-state index in [1.54, 1.807) is 0 Å². The fraction of sp³-hybridized carbons (Fsp3) is 0.706. The van der Waals surface area contributed by atoms with Gasteiger partial charge in [0.25, 0.3) is 0 Å². The fourth-order valence-corrected chi connectivity index (χ4v) is 3.26. The van der Waals surface area contributed by atoms with Gasteiger partial charge in [-0.15, -0.1) is 0 Å². The summed E-state index contributed by atoms with van der Waals surface area (Å²) in [5, 5.41) is 3.82. The third-order valence-corrected chi connectivity index (χ3v) is 4.80. The zero-order valence-corrected chi connectivity index (χ0v) is 13.2. The normalized spacial score (nSPS) is 22.9. The Kier molecular flexibility index (Phi) is 5.55. The number of nitrogens with one attached hydrogen (secondary N) is 1. The summed E-state index contributed by atoms with van der Waals surface area (Å²) in [6, 6.07) is 6.87. The van der Waals surface area contributed by atoms with Crippen LogP contribution in [0.3, 0.4) is 0 Å². The molecule has 3 heteroatoms. The Morgan fingerprint density at radius 3 is 2.70 bits per heavy atom. The average molecular weight is 275 g/mol. The van der Waals surface area contributed by atoms with E-state index in [9.17, 15) is 0 Å².